The topological polar surface area (TPSA) is 51.7 Å². The summed E-state index contributed by atoms with van der Waals surface area (Å²) < 4.78 is 10.8. The van der Waals surface area contributed by atoms with E-state index in [0.29, 0.717) is 31.9 Å². The highest BCUT2D eigenvalue weighted by molar-refractivity contribution is 5.98. The van der Waals surface area contributed by atoms with Gasteiger partial charge in [0.15, 0.2) is 0 Å². The molecule has 5 heteroatoms. The van der Waals surface area contributed by atoms with E-state index in [1.54, 1.807) is 13.3 Å². The van der Waals surface area contributed by atoms with Gasteiger partial charge in [0.25, 0.3) is 5.91 Å². The highest BCUT2D eigenvalue weighted by atomic mass is 16.5. The summed E-state index contributed by atoms with van der Waals surface area (Å²) in [6.07, 6.45) is 2.62. The van der Waals surface area contributed by atoms with Crippen molar-refractivity contribution in [2.24, 2.45) is 0 Å². The molecule has 0 spiro atoms. The molecular formula is C17H20N2O3. The lowest BCUT2D eigenvalue weighted by Crippen LogP contribution is -2.45. The maximum absolute atomic E-state index is 12.7. The van der Waals surface area contributed by atoms with E-state index >= 15 is 0 Å². The average molecular weight is 300 g/mol. The van der Waals surface area contributed by atoms with Gasteiger partial charge in [0.1, 0.15) is 0 Å². The lowest BCUT2D eigenvalue weighted by Gasteiger charge is -2.33. The van der Waals surface area contributed by atoms with Gasteiger partial charge in [-0.2, -0.15) is 0 Å². The number of carbonyl (C=O) groups is 1. The quantitative estimate of drug-likeness (QED) is 0.868. The zero-order valence-electron chi connectivity index (χ0n) is 12.7. The average Bonchev–Trinajstić information content (AvgIpc) is 2.59. The van der Waals surface area contributed by atoms with Crippen molar-refractivity contribution in [3.63, 3.8) is 0 Å². The van der Waals surface area contributed by atoms with Crippen LogP contribution in [-0.2, 0) is 9.47 Å². The molecule has 0 N–H and O–H groups in total. The second kappa shape index (κ2) is 6.85. The molecule has 22 heavy (non-hydrogen) atoms. The van der Waals surface area contributed by atoms with Crippen LogP contribution in [0.25, 0.3) is 10.9 Å². The van der Waals surface area contributed by atoms with Gasteiger partial charge in [-0.3, -0.25) is 9.78 Å². The number of ether oxygens (including phenoxy) is 2. The van der Waals surface area contributed by atoms with Gasteiger partial charge in [-0.05, 0) is 30.7 Å². The number of carbonyl (C=O) groups excluding carboxylic acids is 1. The van der Waals surface area contributed by atoms with Crippen LogP contribution in [0.1, 0.15) is 16.8 Å². The van der Waals surface area contributed by atoms with Crippen molar-refractivity contribution in [2.45, 2.75) is 12.5 Å². The Hall–Kier alpha value is -1.98. The van der Waals surface area contributed by atoms with Crippen LogP contribution in [0.4, 0.5) is 0 Å². The summed E-state index contributed by atoms with van der Waals surface area (Å²) in [6, 6.07) is 9.50. The van der Waals surface area contributed by atoms with Gasteiger partial charge in [-0.1, -0.05) is 6.07 Å². The van der Waals surface area contributed by atoms with Gasteiger partial charge in [-0.25, -0.2) is 0 Å². The van der Waals surface area contributed by atoms with Crippen molar-refractivity contribution in [2.75, 3.05) is 33.4 Å². The van der Waals surface area contributed by atoms with Crippen LogP contribution in [0.15, 0.2) is 36.5 Å². The Balaban J connectivity index is 1.74. The third-order valence-corrected chi connectivity index (χ3v) is 3.92. The Kier molecular flexibility index (Phi) is 4.65. The summed E-state index contributed by atoms with van der Waals surface area (Å²) in [4.78, 5) is 18.8. The first-order chi connectivity index (χ1) is 10.8. The Morgan fingerprint density at radius 1 is 1.45 bits per heavy atom. The van der Waals surface area contributed by atoms with Gasteiger partial charge < -0.3 is 14.4 Å². The number of amides is 1. The molecule has 0 bridgehead atoms. The van der Waals surface area contributed by atoms with Gasteiger partial charge in [0, 0.05) is 44.0 Å². The van der Waals surface area contributed by atoms with Crippen LogP contribution >= 0.6 is 0 Å². The van der Waals surface area contributed by atoms with Crippen molar-refractivity contribution in [3.05, 3.63) is 42.1 Å². The first kappa shape index (κ1) is 14.9. The highest BCUT2D eigenvalue weighted by Crippen LogP contribution is 2.17. The number of pyridine rings is 1. The van der Waals surface area contributed by atoms with E-state index in [1.165, 1.54) is 0 Å². The van der Waals surface area contributed by atoms with Gasteiger partial charge >= 0.3 is 0 Å². The number of aromatic nitrogens is 1. The number of benzene rings is 1. The normalized spacial score (nSPS) is 18.6. The maximum Gasteiger partial charge on any atom is 0.254 e. The molecule has 0 radical (unpaired) electrons. The monoisotopic (exact) mass is 300 g/mol. The molecule has 1 fully saturated rings. The summed E-state index contributed by atoms with van der Waals surface area (Å²) >= 11 is 0. The van der Waals surface area contributed by atoms with E-state index < -0.39 is 0 Å². The van der Waals surface area contributed by atoms with Crippen molar-refractivity contribution in [3.8, 4) is 0 Å². The Labute approximate surface area is 129 Å². The molecule has 1 aromatic carbocycles. The van der Waals surface area contributed by atoms with E-state index in [2.05, 4.69) is 4.98 Å². The van der Waals surface area contributed by atoms with Crippen molar-refractivity contribution in [1.29, 1.82) is 0 Å². The molecule has 1 unspecified atom stereocenters. The van der Waals surface area contributed by atoms with Crippen molar-refractivity contribution >= 4 is 16.8 Å². The van der Waals surface area contributed by atoms with Gasteiger partial charge in [-0.15, -0.1) is 0 Å². The number of hydrogen-bond donors (Lipinski definition) is 0. The summed E-state index contributed by atoms with van der Waals surface area (Å²) in [5.41, 5.74) is 1.60. The number of nitrogens with zero attached hydrogens (tertiary/aromatic N) is 2. The lowest BCUT2D eigenvalue weighted by atomic mass is 10.1. The van der Waals surface area contributed by atoms with Crippen molar-refractivity contribution in [1.82, 2.24) is 9.88 Å². The van der Waals surface area contributed by atoms with Gasteiger partial charge in [0.2, 0.25) is 0 Å². The predicted molar refractivity (Wildman–Crippen MR) is 83.9 cm³/mol. The summed E-state index contributed by atoms with van der Waals surface area (Å²) in [6.45, 7) is 2.48. The fourth-order valence-electron chi connectivity index (χ4n) is 2.72. The predicted octanol–water partition coefficient (Wildman–Crippen LogP) is 2.11. The fraction of sp³-hybridized carbons (Fsp3) is 0.412. The molecule has 1 aromatic heterocycles. The highest BCUT2D eigenvalue weighted by Gasteiger charge is 2.24. The summed E-state index contributed by atoms with van der Waals surface area (Å²) in [5.74, 6) is 0.0523. The fourth-order valence-corrected chi connectivity index (χ4v) is 2.72. The third-order valence-electron chi connectivity index (χ3n) is 3.92. The van der Waals surface area contributed by atoms with E-state index in [1.807, 2.05) is 35.2 Å². The number of hydrogen-bond acceptors (Lipinski definition) is 4. The smallest absolute Gasteiger partial charge is 0.254 e. The van der Waals surface area contributed by atoms with Crippen LogP contribution < -0.4 is 0 Å². The standard InChI is InChI=1S/C17H20N2O3/c1-21-9-6-15-12-19(8-10-22-15)17(20)14-4-5-16-13(11-14)3-2-7-18-16/h2-5,7,11,15H,6,8-10,12H2,1H3. The number of fused-ring (bicyclic) bond motifs is 1. The molecule has 0 saturated carbocycles. The summed E-state index contributed by atoms with van der Waals surface area (Å²) in [5, 5.41) is 0.984. The Morgan fingerprint density at radius 3 is 3.23 bits per heavy atom. The lowest BCUT2D eigenvalue weighted by molar-refractivity contribution is -0.0332. The third kappa shape index (κ3) is 3.26. The first-order valence-electron chi connectivity index (χ1n) is 7.52. The number of morpholine rings is 1. The zero-order chi connectivity index (χ0) is 15.4. The molecule has 1 aliphatic rings. The zero-order valence-corrected chi connectivity index (χ0v) is 12.7. The number of rotatable bonds is 4. The van der Waals surface area contributed by atoms with Gasteiger partial charge in [0.05, 0.1) is 18.2 Å². The molecule has 116 valence electrons. The molecule has 5 nitrogen and oxygen atoms in total. The molecule has 2 aromatic rings. The minimum atomic E-state index is 0.0523. The van der Waals surface area contributed by atoms with Crippen LogP contribution in [-0.4, -0.2) is 55.3 Å². The Morgan fingerprint density at radius 2 is 2.36 bits per heavy atom. The van der Waals surface area contributed by atoms with Crippen molar-refractivity contribution < 1.29 is 14.3 Å². The second-order valence-electron chi connectivity index (χ2n) is 5.44. The Bertz CT molecular complexity index is 659. The van der Waals surface area contributed by atoms with Crippen LogP contribution in [0.3, 0.4) is 0 Å². The maximum atomic E-state index is 12.7. The van der Waals surface area contributed by atoms with E-state index in [4.69, 9.17) is 9.47 Å². The molecule has 1 amide bonds. The van der Waals surface area contributed by atoms with Crippen LogP contribution in [0.2, 0.25) is 0 Å². The summed E-state index contributed by atoms with van der Waals surface area (Å²) in [7, 11) is 1.68. The molecule has 1 atom stereocenters. The molecular weight excluding hydrogens is 280 g/mol. The molecule has 1 aliphatic heterocycles. The van der Waals surface area contributed by atoms with Crippen LogP contribution in [0.5, 0.6) is 0 Å². The van der Waals surface area contributed by atoms with E-state index in [0.717, 1.165) is 17.3 Å². The van der Waals surface area contributed by atoms with E-state index in [9.17, 15) is 4.79 Å². The molecule has 0 aliphatic carbocycles. The largest absolute Gasteiger partial charge is 0.385 e. The van der Waals surface area contributed by atoms with Crippen LogP contribution in [0, 0.1) is 0 Å². The molecule has 1 saturated heterocycles. The van der Waals surface area contributed by atoms with E-state index in [-0.39, 0.29) is 12.0 Å². The number of methoxy groups -OCH3 is 1. The second-order valence-corrected chi connectivity index (χ2v) is 5.44. The minimum absolute atomic E-state index is 0.0523. The molecule has 3 rings (SSSR count). The first-order valence-corrected chi connectivity index (χ1v) is 7.52. The molecule has 2 heterocycles. The minimum Gasteiger partial charge on any atom is -0.385 e. The SMILES string of the molecule is COCCC1CN(C(=O)c2ccc3ncccc3c2)CCO1.